The number of thiophene rings is 1. The third-order valence-corrected chi connectivity index (χ3v) is 4.35. The van der Waals surface area contributed by atoms with Crippen LogP contribution in [0.1, 0.15) is 10.4 Å². The lowest BCUT2D eigenvalue weighted by Gasteiger charge is -2.10. The van der Waals surface area contributed by atoms with Gasteiger partial charge in [-0.1, -0.05) is 18.2 Å². The van der Waals surface area contributed by atoms with Crippen LogP contribution in [0.2, 0.25) is 0 Å². The minimum atomic E-state index is -0.288. The molecule has 0 saturated heterocycles. The number of benzene rings is 1. The van der Waals surface area contributed by atoms with E-state index in [4.69, 9.17) is 4.74 Å². The number of aliphatic hydroxyl groups excluding tert-OH is 1. The molecule has 6 nitrogen and oxygen atoms in total. The third kappa shape index (κ3) is 3.32. The van der Waals surface area contributed by atoms with Gasteiger partial charge in [-0.2, -0.15) is 5.10 Å². The van der Waals surface area contributed by atoms with Gasteiger partial charge < -0.3 is 15.2 Å². The van der Waals surface area contributed by atoms with Gasteiger partial charge in [0.05, 0.1) is 30.7 Å². The van der Waals surface area contributed by atoms with Gasteiger partial charge in [0.1, 0.15) is 17.3 Å². The molecule has 2 N–H and O–H groups in total. The third-order valence-electron chi connectivity index (χ3n) is 3.46. The van der Waals surface area contributed by atoms with Gasteiger partial charge in [-0.3, -0.25) is 4.79 Å². The second-order valence-corrected chi connectivity index (χ2v) is 5.94. The largest absolute Gasteiger partial charge is 0.496 e. The summed E-state index contributed by atoms with van der Waals surface area (Å²) in [6.07, 6.45) is 0. The van der Waals surface area contributed by atoms with Gasteiger partial charge in [-0.15, -0.1) is 11.3 Å². The highest BCUT2D eigenvalue weighted by molar-refractivity contribution is 7.13. The maximum atomic E-state index is 12.6. The number of para-hydroxylation sites is 1. The summed E-state index contributed by atoms with van der Waals surface area (Å²) in [6, 6.07) is 12.7. The molecule has 1 amide bonds. The van der Waals surface area contributed by atoms with Crippen LogP contribution in [0.4, 0.5) is 5.82 Å². The molecular formula is C17H17N3O3S. The Morgan fingerprint density at radius 3 is 2.88 bits per heavy atom. The van der Waals surface area contributed by atoms with E-state index in [1.54, 1.807) is 46.4 Å². The van der Waals surface area contributed by atoms with Crippen LogP contribution in [0.25, 0.3) is 10.6 Å². The van der Waals surface area contributed by atoms with E-state index in [1.165, 1.54) is 7.11 Å². The number of nitrogens with zero attached hydrogens (tertiary/aromatic N) is 2. The van der Waals surface area contributed by atoms with Crippen LogP contribution < -0.4 is 10.1 Å². The van der Waals surface area contributed by atoms with Crippen molar-refractivity contribution in [3.05, 3.63) is 53.4 Å². The Kier molecular flexibility index (Phi) is 4.93. The number of hydrogen-bond acceptors (Lipinski definition) is 5. The number of aliphatic hydroxyl groups is 1. The van der Waals surface area contributed by atoms with E-state index in [0.29, 0.717) is 23.7 Å². The first-order valence-corrected chi connectivity index (χ1v) is 8.28. The van der Waals surface area contributed by atoms with Gasteiger partial charge in [0.2, 0.25) is 0 Å². The minimum absolute atomic E-state index is 0.0664. The van der Waals surface area contributed by atoms with Crippen molar-refractivity contribution in [2.24, 2.45) is 0 Å². The molecule has 0 bridgehead atoms. The van der Waals surface area contributed by atoms with Gasteiger partial charge in [-0.25, -0.2) is 4.68 Å². The average molecular weight is 343 g/mol. The Hall–Kier alpha value is -2.64. The van der Waals surface area contributed by atoms with Gasteiger partial charge in [0, 0.05) is 6.07 Å². The lowest BCUT2D eigenvalue weighted by atomic mass is 10.2. The number of amides is 1. The quantitative estimate of drug-likeness (QED) is 0.721. The van der Waals surface area contributed by atoms with E-state index < -0.39 is 0 Å². The second kappa shape index (κ2) is 7.29. The molecule has 0 saturated carbocycles. The second-order valence-electron chi connectivity index (χ2n) is 4.99. The predicted molar refractivity (Wildman–Crippen MR) is 93.6 cm³/mol. The zero-order chi connectivity index (χ0) is 16.9. The number of aromatic nitrogens is 2. The summed E-state index contributed by atoms with van der Waals surface area (Å²) >= 11 is 1.57. The molecule has 2 heterocycles. The molecule has 24 heavy (non-hydrogen) atoms. The molecule has 0 radical (unpaired) electrons. The van der Waals surface area contributed by atoms with Crippen molar-refractivity contribution in [1.29, 1.82) is 0 Å². The van der Waals surface area contributed by atoms with Crippen LogP contribution >= 0.6 is 11.3 Å². The first-order chi connectivity index (χ1) is 11.7. The molecule has 0 atom stereocenters. The van der Waals surface area contributed by atoms with E-state index >= 15 is 0 Å². The van der Waals surface area contributed by atoms with E-state index in [0.717, 1.165) is 10.6 Å². The molecule has 0 aliphatic carbocycles. The highest BCUT2D eigenvalue weighted by atomic mass is 32.1. The number of methoxy groups -OCH3 is 1. The van der Waals surface area contributed by atoms with Crippen molar-refractivity contribution >= 4 is 23.1 Å². The molecule has 0 spiro atoms. The zero-order valence-corrected chi connectivity index (χ0v) is 13.9. The van der Waals surface area contributed by atoms with E-state index in [-0.39, 0.29) is 12.5 Å². The van der Waals surface area contributed by atoms with Crippen LogP contribution in [0.5, 0.6) is 5.75 Å². The smallest absolute Gasteiger partial charge is 0.260 e. The molecule has 0 aliphatic heterocycles. The number of hydrogen-bond donors (Lipinski definition) is 2. The van der Waals surface area contributed by atoms with Crippen molar-refractivity contribution in [3.8, 4) is 16.3 Å². The van der Waals surface area contributed by atoms with Crippen LogP contribution in [-0.2, 0) is 6.54 Å². The monoisotopic (exact) mass is 343 g/mol. The lowest BCUT2D eigenvalue weighted by Crippen LogP contribution is -2.17. The summed E-state index contributed by atoms with van der Waals surface area (Å²) in [4.78, 5) is 13.6. The molecular weight excluding hydrogens is 326 g/mol. The molecule has 2 aromatic heterocycles. The van der Waals surface area contributed by atoms with Crippen LogP contribution in [0.15, 0.2) is 47.8 Å². The fourth-order valence-corrected chi connectivity index (χ4v) is 3.02. The normalized spacial score (nSPS) is 10.6. The number of anilines is 1. The Balaban J connectivity index is 1.89. The zero-order valence-electron chi connectivity index (χ0n) is 13.1. The molecule has 3 aromatic rings. The molecule has 3 rings (SSSR count). The van der Waals surface area contributed by atoms with Crippen LogP contribution in [0.3, 0.4) is 0 Å². The fourth-order valence-electron chi connectivity index (χ4n) is 2.34. The summed E-state index contributed by atoms with van der Waals surface area (Å²) < 4.78 is 6.81. The molecule has 0 aliphatic rings. The Morgan fingerprint density at radius 1 is 1.33 bits per heavy atom. The molecule has 0 fully saturated rings. The number of carbonyl (C=O) groups excluding carboxylic acids is 1. The van der Waals surface area contributed by atoms with Crippen molar-refractivity contribution in [2.45, 2.75) is 6.54 Å². The lowest BCUT2D eigenvalue weighted by molar-refractivity contribution is 0.102. The standard InChI is InChI=1S/C17H17N3O3S/c1-23-14-6-3-2-5-12(14)17(22)18-16-11-13(15-7-4-10-24-15)19-20(16)8-9-21/h2-7,10-11,21H,8-9H2,1H3,(H,18,22). The molecule has 7 heteroatoms. The molecule has 1 aromatic carbocycles. The van der Waals surface area contributed by atoms with Crippen molar-refractivity contribution < 1.29 is 14.6 Å². The van der Waals surface area contributed by atoms with E-state index in [9.17, 15) is 9.90 Å². The predicted octanol–water partition coefficient (Wildman–Crippen LogP) is 2.86. The fraction of sp³-hybridized carbons (Fsp3) is 0.176. The maximum Gasteiger partial charge on any atom is 0.260 e. The highest BCUT2D eigenvalue weighted by Crippen LogP contribution is 2.27. The Bertz CT molecular complexity index is 827. The van der Waals surface area contributed by atoms with Crippen LogP contribution in [-0.4, -0.2) is 34.5 Å². The first-order valence-electron chi connectivity index (χ1n) is 7.40. The molecule has 0 unspecified atom stereocenters. The summed E-state index contributed by atoms with van der Waals surface area (Å²) in [7, 11) is 1.52. The van der Waals surface area contributed by atoms with Crippen LogP contribution in [0, 0.1) is 0 Å². The van der Waals surface area contributed by atoms with E-state index in [1.807, 2.05) is 17.5 Å². The Labute approximate surface area is 143 Å². The van der Waals surface area contributed by atoms with Crippen molar-refractivity contribution in [1.82, 2.24) is 9.78 Å². The maximum absolute atomic E-state index is 12.6. The first kappa shape index (κ1) is 16.2. The van der Waals surface area contributed by atoms with E-state index in [2.05, 4.69) is 10.4 Å². The highest BCUT2D eigenvalue weighted by Gasteiger charge is 2.16. The van der Waals surface area contributed by atoms with Gasteiger partial charge in [-0.05, 0) is 23.6 Å². The summed E-state index contributed by atoms with van der Waals surface area (Å²) in [5.74, 6) is 0.745. The summed E-state index contributed by atoms with van der Waals surface area (Å²) in [6.45, 7) is 0.232. The summed E-state index contributed by atoms with van der Waals surface area (Å²) in [5.41, 5.74) is 1.20. The number of carbonyl (C=O) groups is 1. The van der Waals surface area contributed by atoms with Crippen molar-refractivity contribution in [2.75, 3.05) is 19.0 Å². The summed E-state index contributed by atoms with van der Waals surface area (Å²) in [5, 5.41) is 18.5. The SMILES string of the molecule is COc1ccccc1C(=O)Nc1cc(-c2cccs2)nn1CCO. The number of ether oxygens (including phenoxy) is 1. The van der Waals surface area contributed by atoms with Gasteiger partial charge >= 0.3 is 0 Å². The molecule has 124 valence electrons. The topological polar surface area (TPSA) is 76.4 Å². The minimum Gasteiger partial charge on any atom is -0.496 e. The average Bonchev–Trinajstić information content (AvgIpc) is 3.25. The van der Waals surface area contributed by atoms with Gasteiger partial charge in [0.25, 0.3) is 5.91 Å². The van der Waals surface area contributed by atoms with Gasteiger partial charge in [0.15, 0.2) is 0 Å². The van der Waals surface area contributed by atoms with Crippen molar-refractivity contribution in [3.63, 3.8) is 0 Å². The number of nitrogens with one attached hydrogen (secondary N) is 1. The number of rotatable bonds is 6. The Morgan fingerprint density at radius 2 is 2.17 bits per heavy atom.